The van der Waals surface area contributed by atoms with E-state index in [0.29, 0.717) is 28.8 Å². The molecule has 26 heavy (non-hydrogen) atoms. The Hall–Kier alpha value is -1.75. The maximum absolute atomic E-state index is 13.1. The average molecular weight is 379 g/mol. The molecular formula is C20H27ClN2O3. The van der Waals surface area contributed by atoms with Crippen molar-refractivity contribution in [3.05, 3.63) is 28.8 Å². The molecule has 2 aliphatic heterocycles. The van der Waals surface area contributed by atoms with Crippen LogP contribution in [0, 0.1) is 5.92 Å². The van der Waals surface area contributed by atoms with E-state index < -0.39 is 0 Å². The van der Waals surface area contributed by atoms with Crippen molar-refractivity contribution in [1.82, 2.24) is 9.80 Å². The predicted octanol–water partition coefficient (Wildman–Crippen LogP) is 3.60. The van der Waals surface area contributed by atoms with Crippen molar-refractivity contribution in [3.63, 3.8) is 0 Å². The molecule has 142 valence electrons. The minimum absolute atomic E-state index is 0.0926. The van der Waals surface area contributed by atoms with Gasteiger partial charge in [-0.3, -0.25) is 9.59 Å². The van der Waals surface area contributed by atoms with E-state index in [9.17, 15) is 9.59 Å². The SMILES string of the molecule is CC[C@@H]1CCCN(C(=O)[C@@H]2CCCN2C(=O)c2cc(Cl)ccc2OC)C1. The lowest BCUT2D eigenvalue weighted by molar-refractivity contribution is -0.137. The summed E-state index contributed by atoms with van der Waals surface area (Å²) in [6.07, 6.45) is 4.90. The van der Waals surface area contributed by atoms with E-state index in [0.717, 1.165) is 38.8 Å². The Morgan fingerprint density at radius 2 is 2.00 bits per heavy atom. The van der Waals surface area contributed by atoms with E-state index in [1.807, 2.05) is 4.90 Å². The van der Waals surface area contributed by atoms with E-state index in [4.69, 9.17) is 16.3 Å². The normalized spacial score (nSPS) is 23.2. The maximum atomic E-state index is 13.1. The molecule has 2 atom stereocenters. The minimum atomic E-state index is -0.373. The van der Waals surface area contributed by atoms with Crippen LogP contribution in [0.15, 0.2) is 18.2 Å². The lowest BCUT2D eigenvalue weighted by atomic mass is 9.95. The molecule has 5 nitrogen and oxygen atoms in total. The molecule has 2 saturated heterocycles. The second-order valence-electron chi connectivity index (χ2n) is 7.20. The first kappa shape index (κ1) is 19.0. The molecule has 6 heteroatoms. The fourth-order valence-electron chi connectivity index (χ4n) is 4.08. The van der Waals surface area contributed by atoms with E-state index in [1.165, 1.54) is 13.5 Å². The van der Waals surface area contributed by atoms with Gasteiger partial charge in [0.1, 0.15) is 11.8 Å². The third-order valence-corrected chi connectivity index (χ3v) is 5.83. The largest absolute Gasteiger partial charge is 0.496 e. The molecular weight excluding hydrogens is 352 g/mol. The summed E-state index contributed by atoms with van der Waals surface area (Å²) >= 11 is 6.08. The predicted molar refractivity (Wildman–Crippen MR) is 102 cm³/mol. The van der Waals surface area contributed by atoms with Gasteiger partial charge < -0.3 is 14.5 Å². The van der Waals surface area contributed by atoms with Crippen LogP contribution in [0.1, 0.15) is 49.4 Å². The van der Waals surface area contributed by atoms with Gasteiger partial charge in [-0.2, -0.15) is 0 Å². The second kappa shape index (κ2) is 8.30. The third-order valence-electron chi connectivity index (χ3n) is 5.60. The average Bonchev–Trinajstić information content (AvgIpc) is 3.16. The number of hydrogen-bond acceptors (Lipinski definition) is 3. The number of ether oxygens (including phenoxy) is 1. The van der Waals surface area contributed by atoms with Crippen molar-refractivity contribution >= 4 is 23.4 Å². The van der Waals surface area contributed by atoms with Gasteiger partial charge in [0, 0.05) is 24.7 Å². The third kappa shape index (κ3) is 3.83. The van der Waals surface area contributed by atoms with Crippen LogP contribution >= 0.6 is 11.6 Å². The smallest absolute Gasteiger partial charge is 0.258 e. The number of halogens is 1. The summed E-state index contributed by atoms with van der Waals surface area (Å²) < 4.78 is 5.32. The fraction of sp³-hybridized carbons (Fsp3) is 0.600. The zero-order valence-corrected chi connectivity index (χ0v) is 16.3. The molecule has 2 heterocycles. The van der Waals surface area contributed by atoms with Gasteiger partial charge in [-0.1, -0.05) is 24.9 Å². The van der Waals surface area contributed by atoms with Crippen molar-refractivity contribution in [2.75, 3.05) is 26.7 Å². The Morgan fingerprint density at radius 1 is 1.23 bits per heavy atom. The molecule has 0 N–H and O–H groups in total. The standard InChI is InChI=1S/C20H27ClN2O3/c1-3-14-6-4-10-22(13-14)20(25)17-7-5-11-23(17)19(24)16-12-15(21)8-9-18(16)26-2/h8-9,12,14,17H,3-7,10-11,13H2,1-2H3/t14-,17+/m1/s1. The van der Waals surface area contributed by atoms with E-state index in [1.54, 1.807) is 23.1 Å². The Balaban J connectivity index is 1.78. The van der Waals surface area contributed by atoms with Crippen LogP contribution in [0.5, 0.6) is 5.75 Å². The number of likely N-dealkylation sites (tertiary alicyclic amines) is 2. The Morgan fingerprint density at radius 3 is 2.73 bits per heavy atom. The zero-order chi connectivity index (χ0) is 18.7. The maximum Gasteiger partial charge on any atom is 0.258 e. The molecule has 2 aliphatic rings. The summed E-state index contributed by atoms with van der Waals surface area (Å²) in [6.45, 7) is 4.38. The number of amides is 2. The summed E-state index contributed by atoms with van der Waals surface area (Å²) in [6, 6.07) is 4.64. The molecule has 0 unspecified atom stereocenters. The van der Waals surface area contributed by atoms with Crippen LogP contribution in [-0.2, 0) is 4.79 Å². The van der Waals surface area contributed by atoms with Crippen LogP contribution in [0.25, 0.3) is 0 Å². The second-order valence-corrected chi connectivity index (χ2v) is 7.64. The van der Waals surface area contributed by atoms with Crippen LogP contribution in [-0.4, -0.2) is 54.4 Å². The number of carbonyl (C=O) groups excluding carboxylic acids is 2. The number of piperidine rings is 1. The first-order valence-electron chi connectivity index (χ1n) is 9.48. The summed E-state index contributed by atoms with van der Waals surface area (Å²) in [7, 11) is 1.53. The highest BCUT2D eigenvalue weighted by Crippen LogP contribution is 2.29. The summed E-state index contributed by atoms with van der Waals surface area (Å²) in [5.41, 5.74) is 0.421. The number of nitrogens with zero attached hydrogens (tertiary/aromatic N) is 2. The van der Waals surface area contributed by atoms with Gasteiger partial charge in [-0.15, -0.1) is 0 Å². The molecule has 0 saturated carbocycles. The van der Waals surface area contributed by atoms with Crippen molar-refractivity contribution in [2.45, 2.75) is 45.1 Å². The molecule has 1 aromatic rings. The van der Waals surface area contributed by atoms with E-state index in [-0.39, 0.29) is 17.9 Å². The molecule has 0 bridgehead atoms. The summed E-state index contributed by atoms with van der Waals surface area (Å²) in [5.74, 6) is 0.979. The molecule has 1 aromatic carbocycles. The topological polar surface area (TPSA) is 49.9 Å². The first-order chi connectivity index (χ1) is 12.5. The number of hydrogen-bond donors (Lipinski definition) is 0. The van der Waals surface area contributed by atoms with Gasteiger partial charge in [0.05, 0.1) is 12.7 Å². The van der Waals surface area contributed by atoms with Crippen LogP contribution in [0.3, 0.4) is 0 Å². The van der Waals surface area contributed by atoms with Gasteiger partial charge >= 0.3 is 0 Å². The van der Waals surface area contributed by atoms with Crippen LogP contribution in [0.4, 0.5) is 0 Å². The van der Waals surface area contributed by atoms with Crippen LogP contribution in [0.2, 0.25) is 5.02 Å². The fourth-order valence-corrected chi connectivity index (χ4v) is 4.25. The molecule has 0 radical (unpaired) electrons. The van der Waals surface area contributed by atoms with Crippen molar-refractivity contribution in [2.24, 2.45) is 5.92 Å². The Bertz CT molecular complexity index is 679. The van der Waals surface area contributed by atoms with Gasteiger partial charge in [0.25, 0.3) is 5.91 Å². The highest BCUT2D eigenvalue weighted by Gasteiger charge is 2.38. The molecule has 2 amide bonds. The molecule has 0 spiro atoms. The Labute approximate surface area is 160 Å². The van der Waals surface area contributed by atoms with Crippen LogP contribution < -0.4 is 4.74 Å². The lowest BCUT2D eigenvalue weighted by Crippen LogP contribution is -2.50. The number of rotatable bonds is 4. The van der Waals surface area contributed by atoms with Gasteiger partial charge in [-0.05, 0) is 49.8 Å². The first-order valence-corrected chi connectivity index (χ1v) is 9.86. The summed E-state index contributed by atoms with van der Waals surface area (Å²) in [4.78, 5) is 29.9. The van der Waals surface area contributed by atoms with Gasteiger partial charge in [-0.25, -0.2) is 0 Å². The van der Waals surface area contributed by atoms with Crippen molar-refractivity contribution in [3.8, 4) is 5.75 Å². The number of methoxy groups -OCH3 is 1. The minimum Gasteiger partial charge on any atom is -0.496 e. The number of benzene rings is 1. The van der Waals surface area contributed by atoms with Gasteiger partial charge in [0.2, 0.25) is 5.91 Å². The lowest BCUT2D eigenvalue weighted by Gasteiger charge is -2.36. The van der Waals surface area contributed by atoms with E-state index >= 15 is 0 Å². The molecule has 2 fully saturated rings. The molecule has 0 aromatic heterocycles. The van der Waals surface area contributed by atoms with E-state index in [2.05, 4.69) is 6.92 Å². The highest BCUT2D eigenvalue weighted by atomic mass is 35.5. The van der Waals surface area contributed by atoms with Crippen molar-refractivity contribution in [1.29, 1.82) is 0 Å². The summed E-state index contributed by atoms with van der Waals surface area (Å²) in [5, 5.41) is 0.484. The highest BCUT2D eigenvalue weighted by molar-refractivity contribution is 6.31. The molecule has 0 aliphatic carbocycles. The van der Waals surface area contributed by atoms with Gasteiger partial charge in [0.15, 0.2) is 0 Å². The van der Waals surface area contributed by atoms with Crippen molar-refractivity contribution < 1.29 is 14.3 Å². The quantitative estimate of drug-likeness (QED) is 0.804. The molecule has 3 rings (SSSR count). The number of carbonyl (C=O) groups is 2. The Kier molecular flexibility index (Phi) is 6.07. The monoisotopic (exact) mass is 378 g/mol. The zero-order valence-electron chi connectivity index (χ0n) is 15.5.